The highest BCUT2D eigenvalue weighted by Gasteiger charge is 2.09. The first kappa shape index (κ1) is 10.3. The maximum Gasteiger partial charge on any atom is 0.139 e. The molecular formula is C14H9FN4. The van der Waals surface area contributed by atoms with E-state index in [2.05, 4.69) is 19.9 Å². The number of fused-ring (bicyclic) bond motifs is 3. The number of imidazole rings is 1. The van der Waals surface area contributed by atoms with Gasteiger partial charge in [-0.25, -0.2) is 14.4 Å². The van der Waals surface area contributed by atoms with Crippen LogP contribution in [-0.2, 0) is 0 Å². The molecule has 4 rings (SSSR count). The molecule has 0 saturated carbocycles. The van der Waals surface area contributed by atoms with Crippen LogP contribution in [0.2, 0.25) is 0 Å². The molecule has 0 amide bonds. The topological polar surface area (TPSA) is 57.4 Å². The smallest absolute Gasteiger partial charge is 0.139 e. The Balaban J connectivity index is 1.98. The summed E-state index contributed by atoms with van der Waals surface area (Å²) in [6.45, 7) is 0. The van der Waals surface area contributed by atoms with Gasteiger partial charge in [0.15, 0.2) is 0 Å². The van der Waals surface area contributed by atoms with Crippen LogP contribution in [0.3, 0.4) is 0 Å². The largest absolute Gasteiger partial charge is 0.346 e. The van der Waals surface area contributed by atoms with Gasteiger partial charge in [-0.15, -0.1) is 0 Å². The van der Waals surface area contributed by atoms with Gasteiger partial charge in [0.05, 0.1) is 11.7 Å². The van der Waals surface area contributed by atoms with Gasteiger partial charge in [-0.3, -0.25) is 0 Å². The Hall–Kier alpha value is -2.69. The first-order chi connectivity index (χ1) is 9.31. The second kappa shape index (κ2) is 3.65. The van der Waals surface area contributed by atoms with Crippen molar-refractivity contribution >= 4 is 22.1 Å². The quantitative estimate of drug-likeness (QED) is 0.546. The highest BCUT2D eigenvalue weighted by atomic mass is 19.1. The summed E-state index contributed by atoms with van der Waals surface area (Å²) in [6.07, 6.45) is 3.56. The molecule has 0 atom stereocenters. The van der Waals surface area contributed by atoms with Crippen molar-refractivity contribution in [2.24, 2.45) is 0 Å². The molecule has 4 aromatic rings. The Kier molecular flexibility index (Phi) is 1.97. The molecule has 2 N–H and O–H groups in total. The van der Waals surface area contributed by atoms with Crippen molar-refractivity contribution in [2.75, 3.05) is 0 Å². The van der Waals surface area contributed by atoms with Crippen molar-refractivity contribution < 1.29 is 4.39 Å². The Bertz CT molecular complexity index is 873. The predicted octanol–water partition coefficient (Wildman–Crippen LogP) is 3.25. The first-order valence-corrected chi connectivity index (χ1v) is 5.89. The van der Waals surface area contributed by atoms with E-state index in [1.165, 1.54) is 12.1 Å². The molecule has 3 aromatic heterocycles. The Morgan fingerprint density at radius 2 is 1.89 bits per heavy atom. The maximum absolute atomic E-state index is 12.9. The van der Waals surface area contributed by atoms with E-state index < -0.39 is 0 Å². The summed E-state index contributed by atoms with van der Waals surface area (Å²) in [6, 6.07) is 8.21. The van der Waals surface area contributed by atoms with Gasteiger partial charge >= 0.3 is 0 Å². The van der Waals surface area contributed by atoms with Crippen LogP contribution in [0.15, 0.2) is 42.7 Å². The van der Waals surface area contributed by atoms with Crippen LogP contribution in [0.5, 0.6) is 0 Å². The Morgan fingerprint density at radius 1 is 1.05 bits per heavy atom. The summed E-state index contributed by atoms with van der Waals surface area (Å²) in [4.78, 5) is 15.1. The first-order valence-electron chi connectivity index (χ1n) is 5.89. The van der Waals surface area contributed by atoms with Gasteiger partial charge in [-0.2, -0.15) is 0 Å². The van der Waals surface area contributed by atoms with Crippen LogP contribution in [0.4, 0.5) is 4.39 Å². The van der Waals surface area contributed by atoms with Crippen molar-refractivity contribution in [1.29, 1.82) is 0 Å². The minimum atomic E-state index is -0.255. The minimum Gasteiger partial charge on any atom is -0.346 e. The van der Waals surface area contributed by atoms with E-state index in [0.717, 1.165) is 27.6 Å². The van der Waals surface area contributed by atoms with Crippen LogP contribution >= 0.6 is 0 Å². The van der Waals surface area contributed by atoms with Crippen molar-refractivity contribution in [3.63, 3.8) is 0 Å². The van der Waals surface area contributed by atoms with Crippen LogP contribution in [0.25, 0.3) is 33.5 Å². The number of halogens is 1. The Labute approximate surface area is 107 Å². The third kappa shape index (κ3) is 1.52. The molecular weight excluding hydrogens is 243 g/mol. The van der Waals surface area contributed by atoms with E-state index in [1.807, 2.05) is 12.3 Å². The van der Waals surface area contributed by atoms with Crippen LogP contribution in [0, 0.1) is 5.82 Å². The highest BCUT2D eigenvalue weighted by Crippen LogP contribution is 2.25. The molecule has 0 aliphatic heterocycles. The molecule has 0 radical (unpaired) electrons. The van der Waals surface area contributed by atoms with Crippen LogP contribution in [0.1, 0.15) is 0 Å². The SMILES string of the molecule is Fc1ccc(-c2nc3cnc4[nH]ccc4c3[nH]2)cc1. The number of nitrogens with one attached hydrogen (secondary N) is 2. The molecule has 0 aliphatic carbocycles. The van der Waals surface area contributed by atoms with Gasteiger partial charge < -0.3 is 9.97 Å². The lowest BCUT2D eigenvalue weighted by atomic mass is 10.2. The molecule has 19 heavy (non-hydrogen) atoms. The lowest BCUT2D eigenvalue weighted by Crippen LogP contribution is -1.80. The summed E-state index contributed by atoms with van der Waals surface area (Å²) in [7, 11) is 0. The van der Waals surface area contributed by atoms with Crippen LogP contribution < -0.4 is 0 Å². The molecule has 3 heterocycles. The maximum atomic E-state index is 12.9. The zero-order valence-electron chi connectivity index (χ0n) is 9.81. The molecule has 0 fully saturated rings. The van der Waals surface area contributed by atoms with Crippen molar-refractivity contribution in [1.82, 2.24) is 19.9 Å². The van der Waals surface area contributed by atoms with Gasteiger partial charge in [-0.1, -0.05) is 0 Å². The van der Waals surface area contributed by atoms with E-state index in [0.29, 0.717) is 5.82 Å². The minimum absolute atomic E-state index is 0.255. The summed E-state index contributed by atoms with van der Waals surface area (Å²) in [5, 5.41) is 0.998. The zero-order valence-corrected chi connectivity index (χ0v) is 9.81. The molecule has 0 saturated heterocycles. The number of hydrogen-bond acceptors (Lipinski definition) is 2. The van der Waals surface area contributed by atoms with Crippen molar-refractivity contribution in [2.45, 2.75) is 0 Å². The third-order valence-electron chi connectivity index (χ3n) is 3.16. The molecule has 5 heteroatoms. The molecule has 0 aliphatic rings. The lowest BCUT2D eigenvalue weighted by molar-refractivity contribution is 0.628. The summed E-state index contributed by atoms with van der Waals surface area (Å²) in [5.41, 5.74) is 3.40. The monoisotopic (exact) mass is 252 g/mol. The van der Waals surface area contributed by atoms with E-state index in [4.69, 9.17) is 0 Å². The van der Waals surface area contributed by atoms with Gasteiger partial charge in [0.2, 0.25) is 0 Å². The lowest BCUT2D eigenvalue weighted by Gasteiger charge is -1.95. The van der Waals surface area contributed by atoms with Crippen molar-refractivity contribution in [3.05, 3.63) is 48.5 Å². The van der Waals surface area contributed by atoms with E-state index in [-0.39, 0.29) is 5.82 Å². The number of benzene rings is 1. The molecule has 0 bridgehead atoms. The number of nitrogens with zero attached hydrogens (tertiary/aromatic N) is 2. The summed E-state index contributed by atoms with van der Waals surface area (Å²) in [5.74, 6) is 0.458. The van der Waals surface area contributed by atoms with E-state index in [9.17, 15) is 4.39 Å². The number of aromatic amines is 2. The normalized spacial score (nSPS) is 11.4. The molecule has 1 aromatic carbocycles. The fourth-order valence-electron chi connectivity index (χ4n) is 2.22. The third-order valence-corrected chi connectivity index (χ3v) is 3.16. The number of H-pyrrole nitrogens is 2. The Morgan fingerprint density at radius 3 is 2.74 bits per heavy atom. The molecule has 0 spiro atoms. The van der Waals surface area contributed by atoms with Gasteiger partial charge in [0.25, 0.3) is 0 Å². The number of hydrogen-bond donors (Lipinski definition) is 2. The number of aromatic nitrogens is 4. The molecule has 92 valence electrons. The summed E-state index contributed by atoms with van der Waals surface area (Å²) < 4.78 is 12.9. The molecule has 4 nitrogen and oxygen atoms in total. The zero-order chi connectivity index (χ0) is 12.8. The summed E-state index contributed by atoms with van der Waals surface area (Å²) >= 11 is 0. The average Bonchev–Trinajstić information content (AvgIpc) is 3.04. The van der Waals surface area contributed by atoms with E-state index in [1.54, 1.807) is 18.3 Å². The van der Waals surface area contributed by atoms with Crippen molar-refractivity contribution in [3.8, 4) is 11.4 Å². The average molecular weight is 252 g/mol. The predicted molar refractivity (Wildman–Crippen MR) is 71.1 cm³/mol. The van der Waals surface area contributed by atoms with Gasteiger partial charge in [0, 0.05) is 17.1 Å². The van der Waals surface area contributed by atoms with Gasteiger partial charge in [-0.05, 0) is 30.3 Å². The standard InChI is InChI=1S/C14H9FN4/c15-9-3-1-8(2-4-9)13-18-11-7-17-14-10(5-6-16-14)12(11)19-13/h1-7H,(H,16,17)(H,18,19). The second-order valence-electron chi connectivity index (χ2n) is 4.35. The highest BCUT2D eigenvalue weighted by molar-refractivity contribution is 6.01. The van der Waals surface area contributed by atoms with Crippen LogP contribution in [-0.4, -0.2) is 19.9 Å². The number of rotatable bonds is 1. The fraction of sp³-hybridized carbons (Fsp3) is 0. The van der Waals surface area contributed by atoms with E-state index >= 15 is 0 Å². The number of pyridine rings is 1. The fourth-order valence-corrected chi connectivity index (χ4v) is 2.22. The second-order valence-corrected chi connectivity index (χ2v) is 4.35. The van der Waals surface area contributed by atoms with Gasteiger partial charge in [0.1, 0.15) is 22.8 Å². The molecule has 0 unspecified atom stereocenters.